The number of benzene rings is 2. The molecule has 0 aromatic heterocycles. The van der Waals surface area contributed by atoms with Gasteiger partial charge in [-0.3, -0.25) is 0 Å². The van der Waals surface area contributed by atoms with Crippen molar-refractivity contribution in [2.75, 3.05) is 40.6 Å². The molecule has 0 aliphatic carbocycles. The lowest BCUT2D eigenvalue weighted by molar-refractivity contribution is -0.267. The fourth-order valence-corrected chi connectivity index (χ4v) is 7.69. The van der Waals surface area contributed by atoms with Gasteiger partial charge in [-0.2, -0.15) is 0 Å². The van der Waals surface area contributed by atoms with E-state index in [9.17, 15) is 0 Å². The summed E-state index contributed by atoms with van der Waals surface area (Å²) < 4.78 is 50.0. The van der Waals surface area contributed by atoms with Crippen molar-refractivity contribution < 1.29 is 37.6 Å². The summed E-state index contributed by atoms with van der Waals surface area (Å²) in [7, 11) is 1.10. The standard InChI is InChI=1S/C34H52O8SSi/c1-34(2,3)44(6,7)42-31-30(40-23-25-16-18-26(36-5)19-17-25)28(24-35-4)41-33(32(31)43-27-13-9-8-10-14-27)39-22-21-38-29-15-11-12-20-37-29/h8-10,13-14,16-19,28-33H,11-12,15,20-24H2,1-7H3/t28-,29?,30-,31+,32-,33-/m1/s1. The van der Waals surface area contributed by atoms with Gasteiger partial charge in [-0.15, -0.1) is 11.8 Å². The second-order valence-corrected chi connectivity index (χ2v) is 18.9. The second-order valence-electron chi connectivity index (χ2n) is 12.9. The minimum atomic E-state index is -2.26. The molecule has 1 unspecified atom stereocenters. The van der Waals surface area contributed by atoms with Crippen LogP contribution in [0.3, 0.4) is 0 Å². The first-order chi connectivity index (χ1) is 21.1. The summed E-state index contributed by atoms with van der Waals surface area (Å²) in [6.07, 6.45) is 1.29. The molecule has 2 aliphatic heterocycles. The third-order valence-electron chi connectivity index (χ3n) is 8.58. The SMILES string of the molecule is COC[C@H]1O[C@@H](OCCOC2CCCCO2)[C@H](Sc2ccccc2)[C@@H](O[Si](C)(C)C(C)(C)C)[C@@H]1OCc1ccc(OC)cc1. The molecule has 2 aromatic rings. The van der Waals surface area contributed by atoms with Crippen LogP contribution in [0, 0.1) is 0 Å². The fourth-order valence-electron chi connectivity index (χ4n) is 5.05. The molecular formula is C34H52O8SSi. The van der Waals surface area contributed by atoms with Gasteiger partial charge < -0.3 is 37.6 Å². The maximum absolute atomic E-state index is 7.28. The third-order valence-corrected chi connectivity index (χ3v) is 14.4. The molecule has 8 nitrogen and oxygen atoms in total. The highest BCUT2D eigenvalue weighted by molar-refractivity contribution is 8.00. The lowest BCUT2D eigenvalue weighted by atomic mass is 10.0. The van der Waals surface area contributed by atoms with Crippen molar-refractivity contribution >= 4 is 20.1 Å². The summed E-state index contributed by atoms with van der Waals surface area (Å²) in [5, 5.41) is -0.208. The van der Waals surface area contributed by atoms with Crippen molar-refractivity contribution in [3.63, 3.8) is 0 Å². The van der Waals surface area contributed by atoms with Crippen molar-refractivity contribution in [3.05, 3.63) is 60.2 Å². The van der Waals surface area contributed by atoms with Crippen molar-refractivity contribution in [3.8, 4) is 5.75 Å². The number of methoxy groups -OCH3 is 2. The van der Waals surface area contributed by atoms with Crippen LogP contribution < -0.4 is 4.74 Å². The number of thioether (sulfide) groups is 1. The molecular weight excluding hydrogens is 597 g/mol. The van der Waals surface area contributed by atoms with E-state index < -0.39 is 20.7 Å². The number of ether oxygens (including phenoxy) is 7. The van der Waals surface area contributed by atoms with Crippen LogP contribution in [0.1, 0.15) is 45.6 Å². The third kappa shape index (κ3) is 10.0. The smallest absolute Gasteiger partial charge is 0.192 e. The van der Waals surface area contributed by atoms with E-state index in [4.69, 9.17) is 37.6 Å². The molecule has 0 bridgehead atoms. The summed E-state index contributed by atoms with van der Waals surface area (Å²) in [5.41, 5.74) is 1.04. The van der Waals surface area contributed by atoms with E-state index in [1.165, 1.54) is 0 Å². The van der Waals surface area contributed by atoms with Crippen LogP contribution in [-0.4, -0.2) is 85.1 Å². The first-order valence-electron chi connectivity index (χ1n) is 15.7. The average Bonchev–Trinajstić information content (AvgIpc) is 3.01. The van der Waals surface area contributed by atoms with Crippen molar-refractivity contribution in [1.29, 1.82) is 0 Å². The highest BCUT2D eigenvalue weighted by Gasteiger charge is 2.52. The average molecular weight is 649 g/mol. The molecule has 2 fully saturated rings. The molecule has 4 rings (SSSR count). The molecule has 0 spiro atoms. The monoisotopic (exact) mass is 648 g/mol. The predicted molar refractivity (Wildman–Crippen MR) is 176 cm³/mol. The topological polar surface area (TPSA) is 73.8 Å². The maximum Gasteiger partial charge on any atom is 0.192 e. The van der Waals surface area contributed by atoms with Crippen LogP contribution in [0.15, 0.2) is 59.5 Å². The Balaban J connectivity index is 1.61. The van der Waals surface area contributed by atoms with Gasteiger partial charge in [0.2, 0.25) is 0 Å². The van der Waals surface area contributed by atoms with E-state index in [1.54, 1.807) is 26.0 Å². The Morgan fingerprint density at radius 2 is 1.61 bits per heavy atom. The summed E-state index contributed by atoms with van der Waals surface area (Å²) in [6, 6.07) is 18.3. The number of hydrogen-bond donors (Lipinski definition) is 0. The molecule has 10 heteroatoms. The van der Waals surface area contributed by atoms with E-state index in [1.807, 2.05) is 30.3 Å². The largest absolute Gasteiger partial charge is 0.497 e. The minimum Gasteiger partial charge on any atom is -0.497 e. The zero-order chi connectivity index (χ0) is 31.6. The molecule has 0 N–H and O–H groups in total. The Hall–Kier alpha value is -1.47. The van der Waals surface area contributed by atoms with Crippen LogP contribution in [0.2, 0.25) is 18.1 Å². The van der Waals surface area contributed by atoms with Crippen LogP contribution in [-0.2, 0) is 39.5 Å². The fraction of sp³-hybridized carbons (Fsp3) is 0.647. The molecule has 0 radical (unpaired) electrons. The van der Waals surface area contributed by atoms with Crippen LogP contribution in [0.25, 0.3) is 0 Å². The zero-order valence-electron chi connectivity index (χ0n) is 27.5. The van der Waals surface area contributed by atoms with E-state index in [-0.39, 0.29) is 28.8 Å². The Labute approximate surface area is 269 Å². The molecule has 246 valence electrons. The molecule has 0 saturated carbocycles. The Kier molecular flexibility index (Phi) is 13.6. The van der Waals surface area contributed by atoms with Crippen LogP contribution in [0.5, 0.6) is 5.75 Å². The van der Waals surface area contributed by atoms with Crippen LogP contribution in [0.4, 0.5) is 0 Å². The quantitative estimate of drug-likeness (QED) is 0.149. The van der Waals surface area contributed by atoms with Gasteiger partial charge in [-0.05, 0) is 67.2 Å². The van der Waals surface area contributed by atoms with Gasteiger partial charge in [0, 0.05) is 18.6 Å². The molecule has 0 amide bonds. The maximum atomic E-state index is 7.28. The molecule has 2 aromatic carbocycles. The summed E-state index contributed by atoms with van der Waals surface area (Å²) >= 11 is 1.71. The molecule has 2 heterocycles. The van der Waals surface area contributed by atoms with E-state index in [0.29, 0.717) is 26.4 Å². The number of hydrogen-bond acceptors (Lipinski definition) is 9. The highest BCUT2D eigenvalue weighted by Crippen LogP contribution is 2.44. The Morgan fingerprint density at radius 1 is 0.886 bits per heavy atom. The highest BCUT2D eigenvalue weighted by atomic mass is 32.2. The predicted octanol–water partition coefficient (Wildman–Crippen LogP) is 7.06. The molecule has 44 heavy (non-hydrogen) atoms. The summed E-state index contributed by atoms with van der Waals surface area (Å²) in [4.78, 5) is 1.12. The summed E-state index contributed by atoms with van der Waals surface area (Å²) in [5.74, 6) is 0.810. The molecule has 2 saturated heterocycles. The van der Waals surface area contributed by atoms with Gasteiger partial charge in [0.1, 0.15) is 18.0 Å². The normalized spacial score (nSPS) is 26.4. The summed E-state index contributed by atoms with van der Waals surface area (Å²) in [6.45, 7) is 13.6. The van der Waals surface area contributed by atoms with Crippen molar-refractivity contribution in [2.24, 2.45) is 0 Å². The zero-order valence-corrected chi connectivity index (χ0v) is 29.3. The molecule has 2 aliphatic rings. The van der Waals surface area contributed by atoms with E-state index in [0.717, 1.165) is 42.1 Å². The lowest BCUT2D eigenvalue weighted by Crippen LogP contribution is -2.63. The van der Waals surface area contributed by atoms with Crippen LogP contribution >= 0.6 is 11.8 Å². The van der Waals surface area contributed by atoms with E-state index >= 15 is 0 Å². The van der Waals surface area contributed by atoms with Crippen molar-refractivity contribution in [2.45, 2.75) is 106 Å². The van der Waals surface area contributed by atoms with Gasteiger partial charge in [-0.1, -0.05) is 51.1 Å². The van der Waals surface area contributed by atoms with Gasteiger partial charge in [0.05, 0.1) is 44.9 Å². The molecule has 6 atom stereocenters. The van der Waals surface area contributed by atoms with Gasteiger partial charge >= 0.3 is 0 Å². The van der Waals surface area contributed by atoms with Gasteiger partial charge in [0.25, 0.3) is 0 Å². The Bertz CT molecular complexity index is 1090. The minimum absolute atomic E-state index is 0.00521. The first kappa shape index (κ1) is 35.4. The Morgan fingerprint density at radius 3 is 2.25 bits per heavy atom. The van der Waals surface area contributed by atoms with Gasteiger partial charge in [0.15, 0.2) is 20.9 Å². The van der Waals surface area contributed by atoms with Crippen molar-refractivity contribution in [1.82, 2.24) is 0 Å². The first-order valence-corrected chi connectivity index (χ1v) is 19.5. The van der Waals surface area contributed by atoms with E-state index in [2.05, 4.69) is 58.1 Å². The van der Waals surface area contributed by atoms with Gasteiger partial charge in [-0.25, -0.2) is 0 Å². The lowest BCUT2D eigenvalue weighted by Gasteiger charge is -2.50. The second kappa shape index (κ2) is 16.9. The number of rotatable bonds is 15.